The Kier molecular flexibility index (Phi) is 8.58. The van der Waals surface area contributed by atoms with Gasteiger partial charge in [-0.05, 0) is 26.2 Å². The molecule has 0 saturated carbocycles. The Labute approximate surface area is 97.4 Å². The highest BCUT2D eigenvalue weighted by molar-refractivity contribution is 5.76. The van der Waals surface area contributed by atoms with Crippen molar-refractivity contribution in [3.05, 3.63) is 0 Å². The smallest absolute Gasteiger partial charge is 0.303 e. The van der Waals surface area contributed by atoms with Crippen molar-refractivity contribution in [2.45, 2.75) is 64.8 Å². The van der Waals surface area contributed by atoms with E-state index in [2.05, 4.69) is 12.2 Å². The molecule has 0 saturated heterocycles. The molecule has 16 heavy (non-hydrogen) atoms. The Morgan fingerprint density at radius 3 is 2.44 bits per heavy atom. The summed E-state index contributed by atoms with van der Waals surface area (Å²) in [6, 6.07) is 0.0773. The number of carbonyl (C=O) groups is 2. The summed E-state index contributed by atoms with van der Waals surface area (Å²) in [4.78, 5) is 21.7. The first-order valence-electron chi connectivity index (χ1n) is 6.07. The molecule has 0 aliphatic rings. The molecule has 0 aliphatic carbocycles. The van der Waals surface area contributed by atoms with Crippen LogP contribution in [-0.2, 0) is 9.59 Å². The number of amides is 1. The molecule has 0 aliphatic heterocycles. The maximum atomic E-state index is 11.4. The third kappa shape index (κ3) is 9.49. The molecule has 0 spiro atoms. The molecule has 0 radical (unpaired) electrons. The highest BCUT2D eigenvalue weighted by Crippen LogP contribution is 2.03. The molecule has 4 heteroatoms. The van der Waals surface area contributed by atoms with E-state index in [0.717, 1.165) is 25.7 Å². The summed E-state index contributed by atoms with van der Waals surface area (Å²) in [7, 11) is 0. The van der Waals surface area contributed by atoms with E-state index >= 15 is 0 Å². The maximum absolute atomic E-state index is 11.4. The second-order valence-corrected chi connectivity index (χ2v) is 4.21. The molecule has 0 aromatic rings. The Balaban J connectivity index is 3.50. The summed E-state index contributed by atoms with van der Waals surface area (Å²) in [5.41, 5.74) is 0. The van der Waals surface area contributed by atoms with Crippen molar-refractivity contribution in [1.29, 1.82) is 0 Å². The Morgan fingerprint density at radius 2 is 1.88 bits per heavy atom. The second kappa shape index (κ2) is 9.19. The summed E-state index contributed by atoms with van der Waals surface area (Å²) in [5.74, 6) is -0.697. The van der Waals surface area contributed by atoms with Crippen molar-refractivity contribution in [2.24, 2.45) is 0 Å². The fourth-order valence-electron chi connectivity index (χ4n) is 1.51. The Morgan fingerprint density at radius 1 is 1.19 bits per heavy atom. The van der Waals surface area contributed by atoms with E-state index in [1.165, 1.54) is 0 Å². The van der Waals surface area contributed by atoms with Crippen molar-refractivity contribution in [1.82, 2.24) is 5.32 Å². The molecule has 1 amide bonds. The number of hydrogen-bond acceptors (Lipinski definition) is 2. The van der Waals surface area contributed by atoms with Crippen molar-refractivity contribution >= 4 is 11.9 Å². The van der Waals surface area contributed by atoms with Gasteiger partial charge in [0.25, 0.3) is 0 Å². The van der Waals surface area contributed by atoms with Crippen LogP contribution in [0.1, 0.15) is 58.8 Å². The molecule has 0 fully saturated rings. The molecule has 0 aromatic carbocycles. The fourth-order valence-corrected chi connectivity index (χ4v) is 1.51. The number of unbranched alkanes of at least 4 members (excludes halogenated alkanes) is 2. The molecule has 0 rings (SSSR count). The Hall–Kier alpha value is -1.06. The minimum absolute atomic E-state index is 0.0773. The van der Waals surface area contributed by atoms with Crippen molar-refractivity contribution < 1.29 is 14.7 Å². The summed E-state index contributed by atoms with van der Waals surface area (Å²) in [6.45, 7) is 4.02. The van der Waals surface area contributed by atoms with Crippen LogP contribution >= 0.6 is 0 Å². The highest BCUT2D eigenvalue weighted by atomic mass is 16.4. The van der Waals surface area contributed by atoms with Crippen molar-refractivity contribution in [3.63, 3.8) is 0 Å². The molecule has 94 valence electrons. The van der Waals surface area contributed by atoms with Gasteiger partial charge < -0.3 is 10.4 Å². The predicted molar refractivity (Wildman–Crippen MR) is 63.2 cm³/mol. The Bertz CT molecular complexity index is 216. The topological polar surface area (TPSA) is 66.4 Å². The minimum Gasteiger partial charge on any atom is -0.481 e. The lowest BCUT2D eigenvalue weighted by atomic mass is 10.1. The van der Waals surface area contributed by atoms with Crippen LogP contribution in [0.15, 0.2) is 0 Å². The predicted octanol–water partition coefficient (Wildman–Crippen LogP) is 2.33. The number of rotatable bonds is 9. The average molecular weight is 229 g/mol. The van der Waals surface area contributed by atoms with E-state index in [-0.39, 0.29) is 18.4 Å². The average Bonchev–Trinajstić information content (AvgIpc) is 2.17. The maximum Gasteiger partial charge on any atom is 0.303 e. The third-order valence-corrected chi connectivity index (χ3v) is 2.44. The van der Waals surface area contributed by atoms with E-state index in [9.17, 15) is 9.59 Å². The van der Waals surface area contributed by atoms with Crippen LogP contribution in [0.3, 0.4) is 0 Å². The van der Waals surface area contributed by atoms with Crippen LogP contribution in [0.5, 0.6) is 0 Å². The molecule has 0 heterocycles. The SMILES string of the molecule is CCCCCC(=O)NC(C)CCCC(=O)O. The largest absolute Gasteiger partial charge is 0.481 e. The molecular formula is C12H23NO3. The van der Waals surface area contributed by atoms with Crippen molar-refractivity contribution in [3.8, 4) is 0 Å². The zero-order chi connectivity index (χ0) is 12.4. The third-order valence-electron chi connectivity index (χ3n) is 2.44. The van der Waals surface area contributed by atoms with Crippen LogP contribution in [-0.4, -0.2) is 23.0 Å². The van der Waals surface area contributed by atoms with Gasteiger partial charge in [0.15, 0.2) is 0 Å². The van der Waals surface area contributed by atoms with Crippen LogP contribution < -0.4 is 5.32 Å². The molecule has 1 unspecified atom stereocenters. The number of carboxylic acid groups (broad SMARTS) is 1. The van der Waals surface area contributed by atoms with Gasteiger partial charge in [0.2, 0.25) is 5.91 Å². The lowest BCUT2D eigenvalue weighted by Gasteiger charge is -2.13. The number of carbonyl (C=O) groups excluding carboxylic acids is 1. The summed E-state index contributed by atoms with van der Waals surface area (Å²) >= 11 is 0. The molecule has 4 nitrogen and oxygen atoms in total. The van der Waals surface area contributed by atoms with Gasteiger partial charge in [-0.1, -0.05) is 19.8 Å². The first-order chi connectivity index (χ1) is 7.56. The van der Waals surface area contributed by atoms with Gasteiger partial charge in [-0.25, -0.2) is 0 Å². The molecule has 0 aromatic heterocycles. The van der Waals surface area contributed by atoms with E-state index in [1.54, 1.807) is 0 Å². The number of nitrogens with one attached hydrogen (secondary N) is 1. The molecule has 0 bridgehead atoms. The van der Waals surface area contributed by atoms with Gasteiger partial charge >= 0.3 is 5.97 Å². The van der Waals surface area contributed by atoms with E-state index in [1.807, 2.05) is 6.92 Å². The quantitative estimate of drug-likeness (QED) is 0.596. The normalized spacial score (nSPS) is 12.1. The minimum atomic E-state index is -0.776. The van der Waals surface area contributed by atoms with E-state index in [4.69, 9.17) is 5.11 Å². The van der Waals surface area contributed by atoms with Gasteiger partial charge in [0, 0.05) is 18.9 Å². The van der Waals surface area contributed by atoms with Gasteiger partial charge in [-0.15, -0.1) is 0 Å². The summed E-state index contributed by atoms with van der Waals surface area (Å²) in [5, 5.41) is 11.3. The van der Waals surface area contributed by atoms with Gasteiger partial charge in [-0.3, -0.25) is 9.59 Å². The number of carboxylic acids is 1. The standard InChI is InChI=1S/C12H23NO3/c1-3-4-5-8-11(14)13-10(2)7-6-9-12(15)16/h10H,3-9H2,1-2H3,(H,13,14)(H,15,16). The van der Waals surface area contributed by atoms with Crippen LogP contribution in [0, 0.1) is 0 Å². The van der Waals surface area contributed by atoms with E-state index < -0.39 is 5.97 Å². The van der Waals surface area contributed by atoms with Crippen LogP contribution in [0.25, 0.3) is 0 Å². The van der Waals surface area contributed by atoms with Gasteiger partial charge in [0.1, 0.15) is 0 Å². The first kappa shape index (κ1) is 14.9. The first-order valence-corrected chi connectivity index (χ1v) is 6.07. The molecule has 1 atom stereocenters. The second-order valence-electron chi connectivity index (χ2n) is 4.21. The molecule has 2 N–H and O–H groups in total. The summed E-state index contributed by atoms with van der Waals surface area (Å²) < 4.78 is 0. The highest BCUT2D eigenvalue weighted by Gasteiger charge is 2.07. The number of hydrogen-bond donors (Lipinski definition) is 2. The zero-order valence-corrected chi connectivity index (χ0v) is 10.3. The van der Waals surface area contributed by atoms with Crippen LogP contribution in [0.2, 0.25) is 0 Å². The van der Waals surface area contributed by atoms with E-state index in [0.29, 0.717) is 12.8 Å². The lowest BCUT2D eigenvalue weighted by Crippen LogP contribution is -2.32. The van der Waals surface area contributed by atoms with Crippen LogP contribution in [0.4, 0.5) is 0 Å². The lowest BCUT2D eigenvalue weighted by molar-refractivity contribution is -0.137. The monoisotopic (exact) mass is 229 g/mol. The molecular weight excluding hydrogens is 206 g/mol. The summed E-state index contributed by atoms with van der Waals surface area (Å²) in [6.07, 6.45) is 5.23. The zero-order valence-electron chi connectivity index (χ0n) is 10.3. The van der Waals surface area contributed by atoms with Gasteiger partial charge in [0.05, 0.1) is 0 Å². The van der Waals surface area contributed by atoms with Crippen molar-refractivity contribution in [2.75, 3.05) is 0 Å². The van der Waals surface area contributed by atoms with Gasteiger partial charge in [-0.2, -0.15) is 0 Å². The fraction of sp³-hybridized carbons (Fsp3) is 0.833. The number of aliphatic carboxylic acids is 1.